The summed E-state index contributed by atoms with van der Waals surface area (Å²) in [6, 6.07) is 25.5. The van der Waals surface area contributed by atoms with E-state index < -0.39 is 0 Å². The molecule has 1 aromatic heterocycles. The molecule has 0 atom stereocenters. The number of carbonyl (C=O) groups excluding carboxylic acids is 1. The van der Waals surface area contributed by atoms with Crippen molar-refractivity contribution in [2.24, 2.45) is 0 Å². The molecular weight excluding hydrogens is 398 g/mol. The average Bonchev–Trinajstić information content (AvgIpc) is 2.82. The number of hydrogen-bond donors (Lipinski definition) is 0. The van der Waals surface area contributed by atoms with Crippen LogP contribution in [0.3, 0.4) is 0 Å². The standard InChI is InChI=1S/C28H25NO3/c1-3-27(30)28-20(2)8-6-10-22(28)19-32-25-12-7-11-24(18-25)31-17-16-23-15-14-21-9-4-5-13-26(21)29-23/h3-15,18H,1,16-17,19H2,2H3. The van der Waals surface area contributed by atoms with Crippen LogP contribution >= 0.6 is 0 Å². The molecule has 4 aromatic rings. The van der Waals surface area contributed by atoms with Crippen LogP contribution in [0.1, 0.15) is 27.2 Å². The summed E-state index contributed by atoms with van der Waals surface area (Å²) in [5.41, 5.74) is 4.39. The van der Waals surface area contributed by atoms with Gasteiger partial charge in [-0.3, -0.25) is 9.78 Å². The van der Waals surface area contributed by atoms with Gasteiger partial charge >= 0.3 is 0 Å². The maximum Gasteiger partial charge on any atom is 0.185 e. The van der Waals surface area contributed by atoms with Crippen LogP contribution < -0.4 is 9.47 Å². The van der Waals surface area contributed by atoms with Crippen LogP contribution in [0, 0.1) is 6.92 Å². The maximum absolute atomic E-state index is 12.2. The number of aryl methyl sites for hydroxylation is 1. The van der Waals surface area contributed by atoms with Crippen molar-refractivity contribution in [3.63, 3.8) is 0 Å². The van der Waals surface area contributed by atoms with E-state index in [9.17, 15) is 4.79 Å². The van der Waals surface area contributed by atoms with Gasteiger partial charge in [-0.15, -0.1) is 0 Å². The molecule has 4 rings (SSSR count). The fourth-order valence-electron chi connectivity index (χ4n) is 3.64. The predicted octanol–water partition coefficient (Wildman–Crippen LogP) is 6.11. The Morgan fingerprint density at radius 1 is 0.938 bits per heavy atom. The second-order valence-electron chi connectivity index (χ2n) is 7.53. The van der Waals surface area contributed by atoms with Crippen LogP contribution in [-0.2, 0) is 13.0 Å². The van der Waals surface area contributed by atoms with Gasteiger partial charge in [-0.05, 0) is 42.8 Å². The van der Waals surface area contributed by atoms with Crippen LogP contribution in [0.5, 0.6) is 11.5 Å². The van der Waals surface area contributed by atoms with Crippen molar-refractivity contribution in [3.8, 4) is 11.5 Å². The molecule has 0 amide bonds. The van der Waals surface area contributed by atoms with Crippen molar-refractivity contribution < 1.29 is 14.3 Å². The normalized spacial score (nSPS) is 10.7. The van der Waals surface area contributed by atoms with Crippen molar-refractivity contribution in [3.05, 3.63) is 114 Å². The number of ketones is 1. The van der Waals surface area contributed by atoms with E-state index in [1.54, 1.807) is 0 Å². The van der Waals surface area contributed by atoms with E-state index in [1.807, 2.05) is 73.7 Å². The van der Waals surface area contributed by atoms with Crippen LogP contribution in [0.15, 0.2) is 91.5 Å². The maximum atomic E-state index is 12.2. The lowest BCUT2D eigenvalue weighted by Crippen LogP contribution is -2.07. The third-order valence-corrected chi connectivity index (χ3v) is 5.27. The molecule has 1 heterocycles. The van der Waals surface area contributed by atoms with Gasteiger partial charge in [-0.2, -0.15) is 0 Å². The lowest BCUT2D eigenvalue weighted by molar-refractivity contribution is 0.104. The summed E-state index contributed by atoms with van der Waals surface area (Å²) < 4.78 is 11.9. The van der Waals surface area contributed by atoms with E-state index in [2.05, 4.69) is 23.7 Å². The molecule has 0 aliphatic carbocycles. The molecule has 0 saturated carbocycles. The molecule has 4 nitrogen and oxygen atoms in total. The van der Waals surface area contributed by atoms with Crippen LogP contribution in [0.4, 0.5) is 0 Å². The number of benzene rings is 3. The molecule has 0 saturated heterocycles. The minimum atomic E-state index is -0.0962. The molecule has 160 valence electrons. The zero-order valence-corrected chi connectivity index (χ0v) is 18.1. The van der Waals surface area contributed by atoms with Crippen molar-refractivity contribution in [1.82, 2.24) is 4.98 Å². The second kappa shape index (κ2) is 9.92. The van der Waals surface area contributed by atoms with E-state index in [-0.39, 0.29) is 5.78 Å². The first-order valence-electron chi connectivity index (χ1n) is 10.6. The van der Waals surface area contributed by atoms with Crippen molar-refractivity contribution in [2.75, 3.05) is 6.61 Å². The highest BCUT2D eigenvalue weighted by atomic mass is 16.5. The molecule has 4 heteroatoms. The minimum absolute atomic E-state index is 0.0962. The third-order valence-electron chi connectivity index (χ3n) is 5.27. The van der Waals surface area contributed by atoms with Crippen LogP contribution in [0.2, 0.25) is 0 Å². The highest BCUT2D eigenvalue weighted by molar-refractivity contribution is 6.06. The Hall–Kier alpha value is -3.92. The zero-order chi connectivity index (χ0) is 22.3. The van der Waals surface area contributed by atoms with E-state index >= 15 is 0 Å². The van der Waals surface area contributed by atoms with Gasteiger partial charge in [0, 0.05) is 34.7 Å². The quantitative estimate of drug-likeness (QED) is 0.241. The summed E-state index contributed by atoms with van der Waals surface area (Å²) in [6.07, 6.45) is 2.05. The van der Waals surface area contributed by atoms with E-state index in [0.29, 0.717) is 30.9 Å². The Kier molecular flexibility index (Phi) is 6.61. The molecule has 3 aromatic carbocycles. The van der Waals surface area contributed by atoms with Gasteiger partial charge in [0.25, 0.3) is 0 Å². The summed E-state index contributed by atoms with van der Waals surface area (Å²) >= 11 is 0. The number of pyridine rings is 1. The summed E-state index contributed by atoms with van der Waals surface area (Å²) in [7, 11) is 0. The molecule has 0 radical (unpaired) electrons. The minimum Gasteiger partial charge on any atom is -0.493 e. The number of nitrogens with zero attached hydrogens (tertiary/aromatic N) is 1. The number of hydrogen-bond acceptors (Lipinski definition) is 4. The average molecular weight is 424 g/mol. The van der Waals surface area contributed by atoms with E-state index in [4.69, 9.17) is 9.47 Å². The largest absolute Gasteiger partial charge is 0.493 e. The Labute approximate surface area is 188 Å². The van der Waals surface area contributed by atoms with Gasteiger partial charge in [-0.25, -0.2) is 0 Å². The van der Waals surface area contributed by atoms with Gasteiger partial charge < -0.3 is 9.47 Å². The van der Waals surface area contributed by atoms with Gasteiger partial charge in [0.1, 0.15) is 18.1 Å². The molecule has 32 heavy (non-hydrogen) atoms. The lowest BCUT2D eigenvalue weighted by atomic mass is 9.98. The molecule has 0 aliphatic rings. The molecule has 0 fully saturated rings. The van der Waals surface area contributed by atoms with Crippen LogP contribution in [0.25, 0.3) is 10.9 Å². The number of fused-ring (bicyclic) bond motifs is 1. The van der Waals surface area contributed by atoms with Crippen LogP contribution in [-0.4, -0.2) is 17.4 Å². The topological polar surface area (TPSA) is 48.4 Å². The fourth-order valence-corrected chi connectivity index (χ4v) is 3.64. The van der Waals surface area contributed by atoms with E-state index in [0.717, 1.165) is 33.5 Å². The van der Waals surface area contributed by atoms with Gasteiger partial charge in [0.15, 0.2) is 5.78 Å². The Balaban J connectivity index is 1.37. The molecule has 0 bridgehead atoms. The Morgan fingerprint density at radius 2 is 1.72 bits per heavy atom. The molecule has 0 unspecified atom stereocenters. The molecule has 0 spiro atoms. The second-order valence-corrected chi connectivity index (χ2v) is 7.53. The zero-order valence-electron chi connectivity index (χ0n) is 18.1. The molecule has 0 aliphatic heterocycles. The number of para-hydroxylation sites is 1. The summed E-state index contributed by atoms with van der Waals surface area (Å²) in [6.45, 7) is 6.33. The summed E-state index contributed by atoms with van der Waals surface area (Å²) in [5.74, 6) is 1.32. The number of aromatic nitrogens is 1. The first-order valence-corrected chi connectivity index (χ1v) is 10.6. The monoisotopic (exact) mass is 423 g/mol. The molecule has 0 N–H and O–H groups in total. The van der Waals surface area contributed by atoms with E-state index in [1.165, 1.54) is 6.08 Å². The number of allylic oxidation sites excluding steroid dienone is 1. The number of ether oxygens (including phenoxy) is 2. The summed E-state index contributed by atoms with van der Waals surface area (Å²) in [5, 5.41) is 1.13. The SMILES string of the molecule is C=CC(=O)c1c(C)cccc1COc1cccc(OCCc2ccc3ccccc3n2)c1. The summed E-state index contributed by atoms with van der Waals surface area (Å²) in [4.78, 5) is 16.9. The fraction of sp³-hybridized carbons (Fsp3) is 0.143. The molecular formula is C28H25NO3. The third kappa shape index (κ3) is 5.03. The highest BCUT2D eigenvalue weighted by Gasteiger charge is 2.12. The van der Waals surface area contributed by atoms with Gasteiger partial charge in [0.2, 0.25) is 0 Å². The lowest BCUT2D eigenvalue weighted by Gasteiger charge is -2.13. The highest BCUT2D eigenvalue weighted by Crippen LogP contribution is 2.23. The van der Waals surface area contributed by atoms with Crippen molar-refractivity contribution >= 4 is 16.7 Å². The van der Waals surface area contributed by atoms with Crippen molar-refractivity contribution in [2.45, 2.75) is 20.0 Å². The Bertz CT molecular complexity index is 1260. The predicted molar refractivity (Wildman–Crippen MR) is 127 cm³/mol. The number of rotatable bonds is 9. The smallest absolute Gasteiger partial charge is 0.185 e. The van der Waals surface area contributed by atoms with Crippen molar-refractivity contribution in [1.29, 1.82) is 0 Å². The van der Waals surface area contributed by atoms with Gasteiger partial charge in [0.05, 0.1) is 12.1 Å². The Morgan fingerprint density at radius 3 is 2.56 bits per heavy atom. The van der Waals surface area contributed by atoms with Gasteiger partial charge in [-0.1, -0.05) is 55.1 Å². The first kappa shape index (κ1) is 21.3. The first-order chi connectivity index (χ1) is 15.6. The number of carbonyl (C=O) groups is 1.